The van der Waals surface area contributed by atoms with E-state index in [1.165, 1.54) is 22.0 Å². The van der Waals surface area contributed by atoms with E-state index >= 15 is 0 Å². The van der Waals surface area contributed by atoms with Crippen LogP contribution in [0.4, 0.5) is 0 Å². The maximum absolute atomic E-state index is 12.0. The second-order valence-electron chi connectivity index (χ2n) is 5.06. The number of amides is 2. The molecule has 3 rings (SSSR count). The third kappa shape index (κ3) is 2.65. The molecule has 22 heavy (non-hydrogen) atoms. The molecule has 0 saturated carbocycles. The number of rotatable bonds is 4. The van der Waals surface area contributed by atoms with Gasteiger partial charge in [-0.1, -0.05) is 5.16 Å². The van der Waals surface area contributed by atoms with E-state index in [2.05, 4.69) is 30.4 Å². The lowest BCUT2D eigenvalue weighted by Gasteiger charge is -2.45. The van der Waals surface area contributed by atoms with Crippen molar-refractivity contribution >= 4 is 11.8 Å². The first-order chi connectivity index (χ1) is 10.5. The number of likely N-dealkylation sites (tertiary alicyclic amines) is 1. The Morgan fingerprint density at radius 1 is 1.50 bits per heavy atom. The van der Waals surface area contributed by atoms with Crippen molar-refractivity contribution in [1.29, 1.82) is 0 Å². The molecule has 0 bridgehead atoms. The average molecular weight is 307 g/mol. The Labute approximate surface area is 123 Å². The Morgan fingerprint density at radius 3 is 2.86 bits per heavy atom. The molecule has 0 aliphatic carbocycles. The zero-order valence-corrected chi connectivity index (χ0v) is 11.6. The summed E-state index contributed by atoms with van der Waals surface area (Å²) >= 11 is 0. The second kappa shape index (κ2) is 5.18. The summed E-state index contributed by atoms with van der Waals surface area (Å²) in [5.74, 6) is -0.903. The minimum atomic E-state index is -1.18. The predicted molar refractivity (Wildman–Crippen MR) is 68.5 cm³/mol. The molecule has 0 radical (unpaired) electrons. The summed E-state index contributed by atoms with van der Waals surface area (Å²) in [7, 11) is 1.55. The van der Waals surface area contributed by atoms with Crippen LogP contribution in [0.15, 0.2) is 16.9 Å². The quantitative estimate of drug-likeness (QED) is 0.649. The minimum Gasteiger partial charge on any atom is -0.384 e. The summed E-state index contributed by atoms with van der Waals surface area (Å²) in [6.07, 6.45) is 1.28. The maximum Gasteiger partial charge on any atom is 0.295 e. The number of hydrogen-bond acceptors (Lipinski definition) is 8. The molecular formula is C11H13N7O4. The number of tetrazole rings is 1. The van der Waals surface area contributed by atoms with Crippen LogP contribution in [0.5, 0.6) is 0 Å². The van der Waals surface area contributed by atoms with E-state index in [1.807, 2.05) is 0 Å². The number of carbonyl (C=O) groups excluding carboxylic acids is 2. The SMILES string of the molecule is Cn1nnc(C(=O)N2CC(O)(CNC(=O)c3ccon3)C2)n1. The van der Waals surface area contributed by atoms with E-state index < -0.39 is 17.4 Å². The van der Waals surface area contributed by atoms with Gasteiger partial charge in [0.05, 0.1) is 26.7 Å². The highest BCUT2D eigenvalue weighted by molar-refractivity contribution is 5.92. The van der Waals surface area contributed by atoms with Gasteiger partial charge in [-0.25, -0.2) is 0 Å². The first-order valence-corrected chi connectivity index (χ1v) is 6.41. The monoisotopic (exact) mass is 307 g/mol. The van der Waals surface area contributed by atoms with Gasteiger partial charge in [-0.2, -0.15) is 4.80 Å². The molecule has 1 saturated heterocycles. The van der Waals surface area contributed by atoms with Gasteiger partial charge >= 0.3 is 0 Å². The molecule has 2 aromatic heterocycles. The van der Waals surface area contributed by atoms with Crippen molar-refractivity contribution in [2.75, 3.05) is 19.6 Å². The molecule has 1 aliphatic heterocycles. The van der Waals surface area contributed by atoms with Crippen LogP contribution in [0.3, 0.4) is 0 Å². The molecule has 11 heteroatoms. The highest BCUT2D eigenvalue weighted by Crippen LogP contribution is 2.21. The fourth-order valence-corrected chi connectivity index (χ4v) is 2.10. The number of aromatic nitrogens is 5. The molecule has 0 aromatic carbocycles. The molecule has 2 amide bonds. The minimum absolute atomic E-state index is 0.00360. The van der Waals surface area contributed by atoms with Gasteiger partial charge in [0.1, 0.15) is 11.9 Å². The number of hydrogen-bond donors (Lipinski definition) is 2. The molecule has 2 N–H and O–H groups in total. The molecule has 0 atom stereocenters. The van der Waals surface area contributed by atoms with Gasteiger partial charge < -0.3 is 19.8 Å². The third-order valence-electron chi connectivity index (χ3n) is 3.21. The number of nitrogens with zero attached hydrogens (tertiary/aromatic N) is 6. The van der Waals surface area contributed by atoms with Crippen LogP contribution in [0.1, 0.15) is 21.1 Å². The van der Waals surface area contributed by atoms with Crippen LogP contribution in [0.25, 0.3) is 0 Å². The standard InChI is InChI=1S/C11H13N7O4/c1-17-14-8(13-16-17)10(20)18-5-11(21,6-18)4-12-9(19)7-2-3-22-15-7/h2-3,21H,4-6H2,1H3,(H,12,19). The van der Waals surface area contributed by atoms with Crippen molar-refractivity contribution in [3.63, 3.8) is 0 Å². The lowest BCUT2D eigenvalue weighted by Crippen LogP contribution is -2.67. The molecule has 3 heterocycles. The molecule has 11 nitrogen and oxygen atoms in total. The first-order valence-electron chi connectivity index (χ1n) is 6.41. The van der Waals surface area contributed by atoms with Gasteiger partial charge in [0.2, 0.25) is 0 Å². The average Bonchev–Trinajstić information content (AvgIpc) is 3.12. The van der Waals surface area contributed by atoms with E-state index in [-0.39, 0.29) is 31.2 Å². The van der Waals surface area contributed by atoms with E-state index in [1.54, 1.807) is 7.05 Å². The highest BCUT2D eigenvalue weighted by Gasteiger charge is 2.45. The van der Waals surface area contributed by atoms with Crippen molar-refractivity contribution in [1.82, 2.24) is 35.6 Å². The molecule has 0 spiro atoms. The van der Waals surface area contributed by atoms with E-state index in [0.717, 1.165) is 0 Å². The molecule has 1 aliphatic rings. The van der Waals surface area contributed by atoms with Gasteiger partial charge in [0.25, 0.3) is 17.6 Å². The Bertz CT molecular complexity index is 689. The number of carbonyl (C=O) groups is 2. The number of nitrogens with one attached hydrogen (secondary N) is 1. The largest absolute Gasteiger partial charge is 0.384 e. The topological polar surface area (TPSA) is 139 Å². The molecular weight excluding hydrogens is 294 g/mol. The van der Waals surface area contributed by atoms with Crippen molar-refractivity contribution in [3.8, 4) is 0 Å². The fraction of sp³-hybridized carbons (Fsp3) is 0.455. The predicted octanol–water partition coefficient (Wildman–Crippen LogP) is -2.18. The van der Waals surface area contributed by atoms with Crippen molar-refractivity contribution in [2.45, 2.75) is 5.60 Å². The van der Waals surface area contributed by atoms with Crippen molar-refractivity contribution in [3.05, 3.63) is 23.8 Å². The zero-order valence-electron chi connectivity index (χ0n) is 11.6. The summed E-state index contributed by atoms with van der Waals surface area (Å²) in [5.41, 5.74) is -1.06. The lowest BCUT2D eigenvalue weighted by atomic mass is 9.94. The molecule has 2 aromatic rings. The summed E-state index contributed by atoms with van der Waals surface area (Å²) in [5, 5.41) is 27.2. The second-order valence-corrected chi connectivity index (χ2v) is 5.06. The van der Waals surface area contributed by atoms with Crippen molar-refractivity contribution < 1.29 is 19.2 Å². The van der Waals surface area contributed by atoms with Crippen LogP contribution in [0.2, 0.25) is 0 Å². The lowest BCUT2D eigenvalue weighted by molar-refractivity contribution is -0.0776. The Balaban J connectivity index is 1.51. The van der Waals surface area contributed by atoms with Crippen LogP contribution >= 0.6 is 0 Å². The normalized spacial score (nSPS) is 16.2. The van der Waals surface area contributed by atoms with Crippen LogP contribution in [-0.2, 0) is 7.05 Å². The van der Waals surface area contributed by atoms with Crippen molar-refractivity contribution in [2.24, 2.45) is 7.05 Å². The van der Waals surface area contributed by atoms with Gasteiger partial charge in [-0.3, -0.25) is 9.59 Å². The number of aliphatic hydroxyl groups is 1. The Kier molecular flexibility index (Phi) is 3.33. The first kappa shape index (κ1) is 14.1. The van der Waals surface area contributed by atoms with E-state index in [4.69, 9.17) is 0 Å². The van der Waals surface area contributed by atoms with Crippen LogP contribution < -0.4 is 5.32 Å². The molecule has 116 valence electrons. The smallest absolute Gasteiger partial charge is 0.295 e. The summed E-state index contributed by atoms with van der Waals surface area (Å²) in [6, 6.07) is 1.41. The molecule has 1 fully saturated rings. The fourth-order valence-electron chi connectivity index (χ4n) is 2.10. The van der Waals surface area contributed by atoms with Gasteiger partial charge in [0, 0.05) is 6.07 Å². The summed E-state index contributed by atoms with van der Waals surface area (Å²) < 4.78 is 4.56. The highest BCUT2D eigenvalue weighted by atomic mass is 16.5. The Morgan fingerprint density at radius 2 is 2.27 bits per heavy atom. The summed E-state index contributed by atoms with van der Waals surface area (Å²) in [4.78, 5) is 26.2. The zero-order chi connectivity index (χ0) is 15.7. The van der Waals surface area contributed by atoms with Gasteiger partial charge in [-0.05, 0) is 5.21 Å². The third-order valence-corrected chi connectivity index (χ3v) is 3.21. The van der Waals surface area contributed by atoms with Crippen LogP contribution in [-0.4, -0.2) is 72.4 Å². The van der Waals surface area contributed by atoms with Gasteiger partial charge in [0.15, 0.2) is 5.69 Å². The molecule has 0 unspecified atom stereocenters. The number of β-amino-alcohol motifs (C(OH)–C–C–N with tert-alkyl or cyclic N) is 1. The van der Waals surface area contributed by atoms with Crippen LogP contribution in [0, 0.1) is 0 Å². The summed E-state index contributed by atoms with van der Waals surface area (Å²) in [6.45, 7) is 0.142. The van der Waals surface area contributed by atoms with Gasteiger partial charge in [-0.15, -0.1) is 10.2 Å². The Hall–Kier alpha value is -2.82. The van der Waals surface area contributed by atoms with E-state index in [9.17, 15) is 14.7 Å². The van der Waals surface area contributed by atoms with E-state index in [0.29, 0.717) is 0 Å². The maximum atomic E-state index is 12.0. The number of aryl methyl sites for hydroxylation is 1.